The molecule has 0 saturated carbocycles. The van der Waals surface area contributed by atoms with E-state index < -0.39 is 0 Å². The number of rotatable bonds is 17. The van der Waals surface area contributed by atoms with E-state index in [1.807, 2.05) is 0 Å². The van der Waals surface area contributed by atoms with E-state index in [2.05, 4.69) is 67.7 Å². The third-order valence-electron chi connectivity index (χ3n) is 3.89. The highest BCUT2D eigenvalue weighted by Gasteiger charge is 2.01. The van der Waals surface area contributed by atoms with Crippen LogP contribution in [0, 0.1) is 0 Å². The molecule has 28 heavy (non-hydrogen) atoms. The fraction of sp³-hybridized carbons (Fsp3) is 0.520. The summed E-state index contributed by atoms with van der Waals surface area (Å²) in [4.78, 5) is 22.5. The number of ketones is 1. The molecule has 0 aromatic carbocycles. The van der Waals surface area contributed by atoms with Crippen molar-refractivity contribution < 1.29 is 9.59 Å². The van der Waals surface area contributed by atoms with Gasteiger partial charge in [-0.3, -0.25) is 9.59 Å². The number of Topliss-reactive ketones (excluding diaryl/α,β-unsaturated/α-hetero) is 1. The molecular formula is C25H38O2S. The van der Waals surface area contributed by atoms with Crippen LogP contribution in [0.4, 0.5) is 0 Å². The molecule has 0 aromatic heterocycles. The van der Waals surface area contributed by atoms with Crippen LogP contribution >= 0.6 is 11.8 Å². The largest absolute Gasteiger partial charge is 0.300 e. The molecular weight excluding hydrogens is 364 g/mol. The lowest BCUT2D eigenvalue weighted by Crippen LogP contribution is -1.98. The second-order valence-corrected chi connectivity index (χ2v) is 7.85. The van der Waals surface area contributed by atoms with Crippen LogP contribution in [0.1, 0.15) is 78.1 Å². The molecule has 0 unspecified atom stereocenters. The summed E-state index contributed by atoms with van der Waals surface area (Å²) in [7, 11) is 0. The maximum absolute atomic E-state index is 11.7. The Morgan fingerprint density at radius 2 is 1.14 bits per heavy atom. The Morgan fingerprint density at radius 1 is 0.679 bits per heavy atom. The summed E-state index contributed by atoms with van der Waals surface area (Å²) in [6, 6.07) is 0. The number of unbranched alkanes of at least 4 members (excludes halogenated alkanes) is 1. The minimum Gasteiger partial charge on any atom is -0.300 e. The Labute approximate surface area is 176 Å². The zero-order valence-corrected chi connectivity index (χ0v) is 18.6. The Bertz CT molecular complexity index is 539. The summed E-state index contributed by atoms with van der Waals surface area (Å²) < 4.78 is 0. The molecule has 0 atom stereocenters. The Balaban J connectivity index is 3.51. The Hall–Kier alpha value is -1.61. The Morgan fingerprint density at radius 3 is 1.64 bits per heavy atom. The molecule has 0 radical (unpaired) electrons. The van der Waals surface area contributed by atoms with Gasteiger partial charge in [-0.15, -0.1) is 0 Å². The fourth-order valence-electron chi connectivity index (χ4n) is 2.40. The summed E-state index contributed by atoms with van der Waals surface area (Å²) in [6.07, 6.45) is 30.9. The predicted molar refractivity (Wildman–Crippen MR) is 126 cm³/mol. The van der Waals surface area contributed by atoms with Crippen molar-refractivity contribution in [1.29, 1.82) is 0 Å². The van der Waals surface area contributed by atoms with Gasteiger partial charge < -0.3 is 0 Å². The second kappa shape index (κ2) is 21.7. The van der Waals surface area contributed by atoms with E-state index in [9.17, 15) is 9.59 Å². The predicted octanol–water partition coefficient (Wildman–Crippen LogP) is 7.54. The number of thioether (sulfide) groups is 1. The number of carbonyl (C=O) groups excluding carboxylic acids is 2. The maximum atomic E-state index is 11.7. The number of hydrogen-bond donors (Lipinski definition) is 0. The van der Waals surface area contributed by atoms with Gasteiger partial charge in [0.15, 0.2) is 5.12 Å². The number of hydrogen-bond acceptors (Lipinski definition) is 3. The van der Waals surface area contributed by atoms with E-state index in [1.54, 1.807) is 6.92 Å². The van der Waals surface area contributed by atoms with Crippen LogP contribution in [0.15, 0.2) is 60.8 Å². The first kappa shape index (κ1) is 26.4. The van der Waals surface area contributed by atoms with E-state index in [1.165, 1.54) is 11.8 Å². The monoisotopic (exact) mass is 402 g/mol. The maximum Gasteiger partial charge on any atom is 0.185 e. The lowest BCUT2D eigenvalue weighted by atomic mass is 10.1. The van der Waals surface area contributed by atoms with Gasteiger partial charge >= 0.3 is 0 Å². The van der Waals surface area contributed by atoms with Gasteiger partial charge in [-0.25, -0.2) is 0 Å². The molecule has 3 heteroatoms. The van der Waals surface area contributed by atoms with Crippen molar-refractivity contribution in [2.45, 2.75) is 78.1 Å². The van der Waals surface area contributed by atoms with Crippen molar-refractivity contribution in [3.8, 4) is 0 Å². The van der Waals surface area contributed by atoms with E-state index in [0.29, 0.717) is 18.6 Å². The van der Waals surface area contributed by atoms with Crippen LogP contribution in [-0.4, -0.2) is 16.7 Å². The summed E-state index contributed by atoms with van der Waals surface area (Å²) >= 11 is 1.31. The molecule has 0 fully saturated rings. The van der Waals surface area contributed by atoms with Crippen LogP contribution in [0.3, 0.4) is 0 Å². The van der Waals surface area contributed by atoms with Crippen molar-refractivity contribution >= 4 is 22.7 Å². The molecule has 156 valence electrons. The van der Waals surface area contributed by atoms with Crippen molar-refractivity contribution in [3.05, 3.63) is 60.8 Å². The van der Waals surface area contributed by atoms with Crippen molar-refractivity contribution in [2.75, 3.05) is 5.75 Å². The van der Waals surface area contributed by atoms with Crippen LogP contribution < -0.4 is 0 Å². The third kappa shape index (κ3) is 22.4. The SMILES string of the molecule is CC/C=C\C/C=C\C/C=C\C/C=C\C/C=C/CCCC(=O)CCCSC(C)=O. The zero-order chi connectivity index (χ0) is 20.7. The molecule has 0 N–H and O–H groups in total. The lowest BCUT2D eigenvalue weighted by Gasteiger charge is -1.99. The van der Waals surface area contributed by atoms with Gasteiger partial charge in [-0.05, 0) is 51.4 Å². The van der Waals surface area contributed by atoms with Gasteiger partial charge in [0.25, 0.3) is 0 Å². The van der Waals surface area contributed by atoms with E-state index in [0.717, 1.165) is 57.1 Å². The van der Waals surface area contributed by atoms with Gasteiger partial charge in [-0.2, -0.15) is 0 Å². The standard InChI is InChI=1S/C25H38O2S/c1-3-4-5-6-7-8-9-10-11-12-13-14-15-16-17-18-19-21-25(27)22-20-23-28-24(2)26/h4-5,7-8,10-11,13-14,16-17H,3,6,9,12,15,18-23H2,1-2H3/b5-4-,8-7-,11-10-,14-13-,17-16+. The van der Waals surface area contributed by atoms with Crippen molar-refractivity contribution in [2.24, 2.45) is 0 Å². The fourth-order valence-corrected chi connectivity index (χ4v) is 2.97. The van der Waals surface area contributed by atoms with Gasteiger partial charge in [-0.1, -0.05) is 79.4 Å². The quantitative estimate of drug-likeness (QED) is 0.186. The van der Waals surface area contributed by atoms with E-state index >= 15 is 0 Å². The smallest absolute Gasteiger partial charge is 0.185 e. The van der Waals surface area contributed by atoms with Crippen LogP contribution in [0.25, 0.3) is 0 Å². The average Bonchev–Trinajstić information content (AvgIpc) is 2.67. The molecule has 0 rings (SSSR count). The molecule has 0 aliphatic heterocycles. The highest BCUT2D eigenvalue weighted by Crippen LogP contribution is 2.08. The summed E-state index contributed by atoms with van der Waals surface area (Å²) in [5.41, 5.74) is 0. The lowest BCUT2D eigenvalue weighted by molar-refractivity contribution is -0.119. The molecule has 0 heterocycles. The normalized spacial score (nSPS) is 12.5. The van der Waals surface area contributed by atoms with Gasteiger partial charge in [0, 0.05) is 25.5 Å². The Kier molecular flexibility index (Phi) is 20.4. The van der Waals surface area contributed by atoms with Gasteiger partial charge in [0.2, 0.25) is 0 Å². The molecule has 0 spiro atoms. The average molecular weight is 403 g/mol. The van der Waals surface area contributed by atoms with Crippen LogP contribution in [0.5, 0.6) is 0 Å². The number of allylic oxidation sites excluding steroid dienone is 10. The highest BCUT2D eigenvalue weighted by molar-refractivity contribution is 8.13. The minimum atomic E-state index is 0.130. The number of carbonyl (C=O) groups is 2. The second-order valence-electron chi connectivity index (χ2n) is 6.58. The molecule has 0 bridgehead atoms. The molecule has 2 nitrogen and oxygen atoms in total. The first-order valence-corrected chi connectivity index (χ1v) is 11.6. The molecule has 0 aromatic rings. The topological polar surface area (TPSA) is 34.1 Å². The molecule has 0 aliphatic rings. The molecule has 0 amide bonds. The summed E-state index contributed by atoms with van der Waals surface area (Å²) in [5.74, 6) is 1.08. The summed E-state index contributed by atoms with van der Waals surface area (Å²) in [6.45, 7) is 3.72. The first-order chi connectivity index (χ1) is 13.7. The van der Waals surface area contributed by atoms with E-state index in [-0.39, 0.29) is 5.12 Å². The van der Waals surface area contributed by atoms with E-state index in [4.69, 9.17) is 0 Å². The highest BCUT2D eigenvalue weighted by atomic mass is 32.2. The van der Waals surface area contributed by atoms with Crippen molar-refractivity contribution in [1.82, 2.24) is 0 Å². The minimum absolute atomic E-state index is 0.130. The molecule has 0 aliphatic carbocycles. The van der Waals surface area contributed by atoms with Gasteiger partial charge in [0.05, 0.1) is 0 Å². The first-order valence-electron chi connectivity index (χ1n) is 10.6. The third-order valence-corrected chi connectivity index (χ3v) is 4.79. The van der Waals surface area contributed by atoms with Crippen LogP contribution in [-0.2, 0) is 9.59 Å². The molecule has 0 saturated heterocycles. The van der Waals surface area contributed by atoms with Crippen LogP contribution in [0.2, 0.25) is 0 Å². The summed E-state index contributed by atoms with van der Waals surface area (Å²) in [5, 5.41) is 0.130. The van der Waals surface area contributed by atoms with Crippen molar-refractivity contribution in [3.63, 3.8) is 0 Å². The van der Waals surface area contributed by atoms with Gasteiger partial charge in [0.1, 0.15) is 5.78 Å². The zero-order valence-electron chi connectivity index (χ0n) is 17.8.